The second-order valence-corrected chi connectivity index (χ2v) is 8.15. The maximum atomic E-state index is 3.57. The van der Waals surface area contributed by atoms with E-state index in [0.29, 0.717) is 0 Å². The Morgan fingerprint density at radius 2 is 0.828 bits per heavy atom. The van der Waals surface area contributed by atoms with Crippen LogP contribution in [0.4, 0.5) is 0 Å². The highest BCUT2D eigenvalue weighted by molar-refractivity contribution is 9.10. The van der Waals surface area contributed by atoms with Crippen molar-refractivity contribution in [1.29, 1.82) is 0 Å². The van der Waals surface area contributed by atoms with Crippen LogP contribution in [-0.2, 0) is 0 Å². The molecule has 0 amide bonds. The van der Waals surface area contributed by atoms with Crippen LogP contribution in [0.1, 0.15) is 0 Å². The lowest BCUT2D eigenvalue weighted by atomic mass is 9.92. The first-order valence-corrected chi connectivity index (χ1v) is 10.5. The van der Waals surface area contributed by atoms with Gasteiger partial charge in [-0.25, -0.2) is 0 Å². The summed E-state index contributed by atoms with van der Waals surface area (Å²) in [6.07, 6.45) is 0. The van der Waals surface area contributed by atoms with Gasteiger partial charge in [0.25, 0.3) is 0 Å². The SMILES string of the molecule is Brc1ccc2cc(-c3cc(-c4ccccc4)cc(-c4ccccc4)c3)ccc2c1. The molecule has 0 aliphatic rings. The summed E-state index contributed by atoms with van der Waals surface area (Å²) < 4.78 is 1.11. The molecule has 5 aromatic carbocycles. The van der Waals surface area contributed by atoms with Crippen molar-refractivity contribution in [3.63, 3.8) is 0 Å². The number of hydrogen-bond donors (Lipinski definition) is 0. The number of fused-ring (bicyclic) bond motifs is 1. The first kappa shape index (κ1) is 17.9. The summed E-state index contributed by atoms with van der Waals surface area (Å²) in [5.41, 5.74) is 7.40. The van der Waals surface area contributed by atoms with E-state index in [9.17, 15) is 0 Å². The van der Waals surface area contributed by atoms with Gasteiger partial charge in [-0.1, -0.05) is 94.8 Å². The van der Waals surface area contributed by atoms with Crippen LogP contribution in [0.3, 0.4) is 0 Å². The smallest absolute Gasteiger partial charge is 0.0181 e. The highest BCUT2D eigenvalue weighted by Gasteiger charge is 2.08. The topological polar surface area (TPSA) is 0 Å². The van der Waals surface area contributed by atoms with E-state index in [4.69, 9.17) is 0 Å². The Balaban J connectivity index is 1.70. The maximum absolute atomic E-state index is 3.57. The maximum Gasteiger partial charge on any atom is 0.0181 e. The molecule has 0 spiro atoms. The first-order chi connectivity index (χ1) is 14.3. The van der Waals surface area contributed by atoms with Crippen molar-refractivity contribution in [2.24, 2.45) is 0 Å². The number of rotatable bonds is 3. The predicted octanol–water partition coefficient (Wildman–Crippen LogP) is 8.60. The number of halogens is 1. The summed E-state index contributed by atoms with van der Waals surface area (Å²) in [4.78, 5) is 0. The zero-order valence-corrected chi connectivity index (χ0v) is 17.4. The minimum Gasteiger partial charge on any atom is -0.0622 e. The van der Waals surface area contributed by atoms with Crippen LogP contribution in [0, 0.1) is 0 Å². The third-order valence-electron chi connectivity index (χ3n) is 5.28. The van der Waals surface area contributed by atoms with Crippen LogP contribution >= 0.6 is 15.9 Å². The van der Waals surface area contributed by atoms with Gasteiger partial charge in [-0.2, -0.15) is 0 Å². The van der Waals surface area contributed by atoms with Crippen molar-refractivity contribution in [2.75, 3.05) is 0 Å². The van der Waals surface area contributed by atoms with Crippen molar-refractivity contribution in [2.45, 2.75) is 0 Å². The molecule has 5 aromatic rings. The van der Waals surface area contributed by atoms with Gasteiger partial charge >= 0.3 is 0 Å². The van der Waals surface area contributed by atoms with E-state index in [1.54, 1.807) is 0 Å². The third-order valence-corrected chi connectivity index (χ3v) is 5.78. The summed E-state index contributed by atoms with van der Waals surface area (Å²) in [7, 11) is 0. The zero-order chi connectivity index (χ0) is 19.6. The van der Waals surface area contributed by atoms with Gasteiger partial charge in [0, 0.05) is 4.47 Å². The van der Waals surface area contributed by atoms with Gasteiger partial charge in [0.1, 0.15) is 0 Å². The van der Waals surface area contributed by atoms with Crippen LogP contribution < -0.4 is 0 Å². The second kappa shape index (κ2) is 7.69. The van der Waals surface area contributed by atoms with Gasteiger partial charge in [-0.15, -0.1) is 0 Å². The van der Waals surface area contributed by atoms with E-state index < -0.39 is 0 Å². The van der Waals surface area contributed by atoms with Crippen LogP contribution in [0.5, 0.6) is 0 Å². The molecule has 0 atom stereocenters. The number of benzene rings is 5. The Hall–Kier alpha value is -3.16. The second-order valence-electron chi connectivity index (χ2n) is 7.24. The quantitative estimate of drug-likeness (QED) is 0.266. The van der Waals surface area contributed by atoms with Gasteiger partial charge in [0.05, 0.1) is 0 Å². The molecule has 0 nitrogen and oxygen atoms in total. The minimum absolute atomic E-state index is 1.11. The fourth-order valence-corrected chi connectivity index (χ4v) is 4.16. The van der Waals surface area contributed by atoms with Crippen molar-refractivity contribution in [3.05, 3.63) is 120 Å². The van der Waals surface area contributed by atoms with Gasteiger partial charge in [-0.05, 0) is 80.6 Å². The molecule has 0 fully saturated rings. The molecule has 0 heterocycles. The Morgan fingerprint density at radius 1 is 0.345 bits per heavy atom. The monoisotopic (exact) mass is 434 g/mol. The van der Waals surface area contributed by atoms with Crippen LogP contribution in [0.25, 0.3) is 44.2 Å². The largest absolute Gasteiger partial charge is 0.0622 e. The molecule has 0 saturated carbocycles. The summed E-state index contributed by atoms with van der Waals surface area (Å²) in [5.74, 6) is 0. The van der Waals surface area contributed by atoms with Crippen molar-refractivity contribution in [3.8, 4) is 33.4 Å². The van der Waals surface area contributed by atoms with Crippen LogP contribution in [-0.4, -0.2) is 0 Å². The van der Waals surface area contributed by atoms with Gasteiger partial charge in [0.2, 0.25) is 0 Å². The molecule has 5 rings (SSSR count). The Kier molecular flexibility index (Phi) is 4.75. The minimum atomic E-state index is 1.11. The van der Waals surface area contributed by atoms with Gasteiger partial charge in [0.15, 0.2) is 0 Å². The molecule has 1 heteroatoms. The van der Waals surface area contributed by atoms with E-state index in [1.807, 2.05) is 0 Å². The fraction of sp³-hybridized carbons (Fsp3) is 0. The first-order valence-electron chi connectivity index (χ1n) is 9.72. The van der Waals surface area contributed by atoms with E-state index >= 15 is 0 Å². The molecule has 29 heavy (non-hydrogen) atoms. The Labute approximate surface area is 179 Å². The van der Waals surface area contributed by atoms with E-state index in [2.05, 4.69) is 131 Å². The summed E-state index contributed by atoms with van der Waals surface area (Å²) in [6.45, 7) is 0. The zero-order valence-electron chi connectivity index (χ0n) is 15.8. The molecule has 138 valence electrons. The fourth-order valence-electron chi connectivity index (χ4n) is 3.78. The van der Waals surface area contributed by atoms with E-state index in [-0.39, 0.29) is 0 Å². The molecular weight excluding hydrogens is 416 g/mol. The molecular formula is C28H19Br. The van der Waals surface area contributed by atoms with Crippen molar-refractivity contribution >= 4 is 26.7 Å². The molecule has 0 saturated heterocycles. The number of hydrogen-bond acceptors (Lipinski definition) is 0. The standard InChI is InChI=1S/C28H19Br/c29-28-14-13-22-15-23(11-12-24(22)19-28)27-17-25(20-7-3-1-4-8-20)16-26(18-27)21-9-5-2-6-10-21/h1-19H. The average Bonchev–Trinajstić information content (AvgIpc) is 2.79. The average molecular weight is 435 g/mol. The van der Waals surface area contributed by atoms with Gasteiger partial charge < -0.3 is 0 Å². The highest BCUT2D eigenvalue weighted by Crippen LogP contribution is 2.34. The third kappa shape index (κ3) is 3.74. The lowest BCUT2D eigenvalue weighted by Gasteiger charge is -2.12. The molecule has 0 bridgehead atoms. The summed E-state index contributed by atoms with van der Waals surface area (Å²) >= 11 is 3.57. The Morgan fingerprint density at radius 3 is 1.41 bits per heavy atom. The summed E-state index contributed by atoms with van der Waals surface area (Å²) in [6, 6.07) is 41.2. The molecule has 0 N–H and O–H groups in total. The highest BCUT2D eigenvalue weighted by atomic mass is 79.9. The van der Waals surface area contributed by atoms with Crippen LogP contribution in [0.15, 0.2) is 120 Å². The predicted molar refractivity (Wildman–Crippen MR) is 128 cm³/mol. The van der Waals surface area contributed by atoms with E-state index in [0.717, 1.165) is 4.47 Å². The lowest BCUT2D eigenvalue weighted by Crippen LogP contribution is -1.86. The lowest BCUT2D eigenvalue weighted by molar-refractivity contribution is 1.57. The molecule has 0 aliphatic carbocycles. The molecule has 0 radical (unpaired) electrons. The van der Waals surface area contributed by atoms with Gasteiger partial charge in [-0.3, -0.25) is 0 Å². The molecule has 0 aromatic heterocycles. The summed E-state index contributed by atoms with van der Waals surface area (Å²) in [5, 5.41) is 2.49. The normalized spacial score (nSPS) is 10.9. The Bertz CT molecular complexity index is 1230. The van der Waals surface area contributed by atoms with E-state index in [1.165, 1.54) is 44.2 Å². The molecule has 0 aliphatic heterocycles. The van der Waals surface area contributed by atoms with Crippen molar-refractivity contribution < 1.29 is 0 Å². The van der Waals surface area contributed by atoms with Crippen LogP contribution in [0.2, 0.25) is 0 Å². The van der Waals surface area contributed by atoms with Crippen molar-refractivity contribution in [1.82, 2.24) is 0 Å². The molecule has 0 unspecified atom stereocenters.